The summed E-state index contributed by atoms with van der Waals surface area (Å²) in [4.78, 5) is 12.4. The van der Waals surface area contributed by atoms with E-state index in [0.717, 1.165) is 30.6 Å². The van der Waals surface area contributed by atoms with Crippen LogP contribution in [-0.4, -0.2) is 23.9 Å². The van der Waals surface area contributed by atoms with E-state index in [4.69, 9.17) is 16.3 Å². The molecular weight excluding hydrogens is 274 g/mol. The van der Waals surface area contributed by atoms with Crippen molar-refractivity contribution in [2.45, 2.75) is 38.6 Å². The second-order valence-corrected chi connectivity index (χ2v) is 6.04. The molecule has 0 saturated carbocycles. The van der Waals surface area contributed by atoms with Crippen LogP contribution in [0.2, 0.25) is 0 Å². The second kappa shape index (κ2) is 6.49. The van der Waals surface area contributed by atoms with Crippen molar-refractivity contribution in [2.24, 2.45) is 5.92 Å². The number of carbonyl (C=O) groups excluding carboxylic acids is 1. The summed E-state index contributed by atoms with van der Waals surface area (Å²) in [5.74, 6) is 1.39. The van der Waals surface area contributed by atoms with Gasteiger partial charge >= 0.3 is 0 Å². The van der Waals surface area contributed by atoms with Crippen LogP contribution in [0.25, 0.3) is 0 Å². The molecule has 1 aromatic rings. The molecule has 2 atom stereocenters. The van der Waals surface area contributed by atoms with Crippen LogP contribution in [0.15, 0.2) is 24.3 Å². The average molecular weight is 296 g/mol. The zero-order valence-corrected chi connectivity index (χ0v) is 12.9. The lowest BCUT2D eigenvalue weighted by molar-refractivity contribution is -0.128. The Morgan fingerprint density at radius 3 is 2.95 bits per heavy atom. The fourth-order valence-corrected chi connectivity index (χ4v) is 2.85. The van der Waals surface area contributed by atoms with Crippen molar-refractivity contribution in [1.82, 2.24) is 5.32 Å². The Hall–Kier alpha value is -1.22. The number of rotatable bonds is 5. The normalized spacial score (nSPS) is 20.4. The largest absolute Gasteiger partial charge is 0.492 e. The Bertz CT molecular complexity index is 477. The highest BCUT2D eigenvalue weighted by Gasteiger charge is 2.30. The van der Waals surface area contributed by atoms with Gasteiger partial charge in [-0.25, -0.2) is 0 Å². The van der Waals surface area contributed by atoms with Gasteiger partial charge < -0.3 is 10.1 Å². The van der Waals surface area contributed by atoms with Crippen molar-refractivity contribution in [2.75, 3.05) is 12.5 Å². The van der Waals surface area contributed by atoms with Gasteiger partial charge in [0.2, 0.25) is 5.91 Å². The highest BCUT2D eigenvalue weighted by atomic mass is 35.5. The molecule has 110 valence electrons. The highest BCUT2D eigenvalue weighted by Crippen LogP contribution is 2.27. The maximum Gasteiger partial charge on any atom is 0.227 e. The lowest BCUT2D eigenvalue weighted by atomic mass is 9.91. The van der Waals surface area contributed by atoms with Gasteiger partial charge in [0.25, 0.3) is 0 Å². The number of carbonyl (C=O) groups is 1. The molecule has 1 N–H and O–H groups in total. The summed E-state index contributed by atoms with van der Waals surface area (Å²) in [5.41, 5.74) is 0.880. The van der Waals surface area contributed by atoms with Crippen LogP contribution in [0.1, 0.15) is 32.3 Å². The van der Waals surface area contributed by atoms with Gasteiger partial charge in [-0.3, -0.25) is 4.79 Å². The zero-order chi connectivity index (χ0) is 14.6. The molecule has 0 bridgehead atoms. The molecule has 1 aliphatic rings. The summed E-state index contributed by atoms with van der Waals surface area (Å²) in [5, 5.41) is 3.14. The van der Waals surface area contributed by atoms with E-state index < -0.39 is 0 Å². The second-order valence-electron chi connectivity index (χ2n) is 5.66. The minimum atomic E-state index is -0.226. The van der Waals surface area contributed by atoms with Crippen molar-refractivity contribution in [1.29, 1.82) is 0 Å². The van der Waals surface area contributed by atoms with E-state index in [-0.39, 0.29) is 17.4 Å². The summed E-state index contributed by atoms with van der Waals surface area (Å²) >= 11 is 5.82. The number of hydrogen-bond acceptors (Lipinski definition) is 2. The van der Waals surface area contributed by atoms with Gasteiger partial charge in [0, 0.05) is 11.4 Å². The minimum Gasteiger partial charge on any atom is -0.492 e. The number of amides is 1. The molecule has 0 radical (unpaired) electrons. The predicted molar refractivity (Wildman–Crippen MR) is 81.3 cm³/mol. The summed E-state index contributed by atoms with van der Waals surface area (Å²) in [6.45, 7) is 4.56. The van der Waals surface area contributed by atoms with E-state index in [1.165, 1.54) is 0 Å². The van der Waals surface area contributed by atoms with Gasteiger partial charge in [-0.1, -0.05) is 25.1 Å². The molecule has 1 aliphatic heterocycles. The number of benzene rings is 1. The summed E-state index contributed by atoms with van der Waals surface area (Å²) in [6, 6.07) is 7.90. The van der Waals surface area contributed by atoms with Gasteiger partial charge in [0.1, 0.15) is 12.4 Å². The van der Waals surface area contributed by atoms with Crippen molar-refractivity contribution in [3.05, 3.63) is 29.8 Å². The van der Waals surface area contributed by atoms with Crippen LogP contribution < -0.4 is 10.1 Å². The minimum absolute atomic E-state index is 0.0639. The monoisotopic (exact) mass is 295 g/mol. The van der Waals surface area contributed by atoms with Crippen molar-refractivity contribution in [3.63, 3.8) is 0 Å². The maximum absolute atomic E-state index is 12.4. The fourth-order valence-electron chi connectivity index (χ4n) is 2.43. The Kier molecular flexibility index (Phi) is 4.92. The summed E-state index contributed by atoms with van der Waals surface area (Å²) in [7, 11) is 0. The molecule has 1 amide bonds. The van der Waals surface area contributed by atoms with Gasteiger partial charge in [-0.15, -0.1) is 11.6 Å². The Balaban J connectivity index is 2.01. The third-order valence-corrected chi connectivity index (χ3v) is 4.29. The van der Waals surface area contributed by atoms with Crippen LogP contribution in [0.3, 0.4) is 0 Å². The van der Waals surface area contributed by atoms with E-state index in [0.29, 0.717) is 12.5 Å². The van der Waals surface area contributed by atoms with E-state index >= 15 is 0 Å². The molecule has 2 unspecified atom stereocenters. The first-order valence-corrected chi connectivity index (χ1v) is 7.70. The molecule has 0 aliphatic carbocycles. The predicted octanol–water partition coefficient (Wildman–Crippen LogP) is 3.15. The van der Waals surface area contributed by atoms with Gasteiger partial charge in [0.15, 0.2) is 0 Å². The van der Waals surface area contributed by atoms with Crippen LogP contribution in [-0.2, 0) is 11.2 Å². The van der Waals surface area contributed by atoms with E-state index in [9.17, 15) is 4.79 Å². The number of alkyl halides is 1. The fraction of sp³-hybridized carbons (Fsp3) is 0.562. The standard InChI is InChI=1S/C16H22ClNO2/c1-3-16(2,8-9-17)18-15(19)13-10-12-6-4-5-7-14(12)20-11-13/h4-7,13H,3,8-11H2,1-2H3,(H,18,19). The molecule has 0 spiro atoms. The molecule has 2 rings (SSSR count). The first-order chi connectivity index (χ1) is 9.58. The molecular formula is C16H22ClNO2. The number of para-hydroxylation sites is 1. The van der Waals surface area contributed by atoms with E-state index in [2.05, 4.69) is 12.2 Å². The maximum atomic E-state index is 12.4. The van der Waals surface area contributed by atoms with Gasteiger partial charge in [-0.2, -0.15) is 0 Å². The third-order valence-electron chi connectivity index (χ3n) is 4.10. The molecule has 0 fully saturated rings. The van der Waals surface area contributed by atoms with Crippen LogP contribution >= 0.6 is 11.6 Å². The Morgan fingerprint density at radius 1 is 1.50 bits per heavy atom. The first-order valence-electron chi connectivity index (χ1n) is 7.16. The van der Waals surface area contributed by atoms with E-state index in [1.807, 2.05) is 31.2 Å². The van der Waals surface area contributed by atoms with Crippen LogP contribution in [0, 0.1) is 5.92 Å². The number of hydrogen-bond donors (Lipinski definition) is 1. The number of nitrogens with one attached hydrogen (secondary N) is 1. The Morgan fingerprint density at radius 2 is 2.25 bits per heavy atom. The molecule has 1 heterocycles. The number of ether oxygens (including phenoxy) is 1. The molecule has 0 saturated heterocycles. The average Bonchev–Trinajstić information content (AvgIpc) is 2.47. The summed E-state index contributed by atoms with van der Waals surface area (Å²) < 4.78 is 5.68. The van der Waals surface area contributed by atoms with E-state index in [1.54, 1.807) is 0 Å². The molecule has 3 nitrogen and oxygen atoms in total. The molecule has 20 heavy (non-hydrogen) atoms. The molecule has 4 heteroatoms. The van der Waals surface area contributed by atoms with Gasteiger partial charge in [0.05, 0.1) is 5.92 Å². The molecule has 0 aromatic heterocycles. The first kappa shape index (κ1) is 15.2. The number of halogens is 1. The lowest BCUT2D eigenvalue weighted by Gasteiger charge is -2.32. The smallest absolute Gasteiger partial charge is 0.227 e. The van der Waals surface area contributed by atoms with Crippen molar-refractivity contribution < 1.29 is 9.53 Å². The Labute approximate surface area is 125 Å². The third kappa shape index (κ3) is 3.45. The molecule has 1 aromatic carbocycles. The van der Waals surface area contributed by atoms with Crippen molar-refractivity contribution >= 4 is 17.5 Å². The zero-order valence-electron chi connectivity index (χ0n) is 12.1. The quantitative estimate of drug-likeness (QED) is 0.848. The van der Waals surface area contributed by atoms with Crippen LogP contribution in [0.5, 0.6) is 5.75 Å². The SMILES string of the molecule is CCC(C)(CCCl)NC(=O)C1COc2ccccc2C1. The van der Waals surface area contributed by atoms with Crippen LogP contribution in [0.4, 0.5) is 0 Å². The lowest BCUT2D eigenvalue weighted by Crippen LogP contribution is -2.50. The van der Waals surface area contributed by atoms with Crippen molar-refractivity contribution in [3.8, 4) is 5.75 Å². The van der Waals surface area contributed by atoms with Gasteiger partial charge in [-0.05, 0) is 37.8 Å². The summed E-state index contributed by atoms with van der Waals surface area (Å²) in [6.07, 6.45) is 2.39. The topological polar surface area (TPSA) is 38.3 Å². The number of fused-ring (bicyclic) bond motifs is 1. The highest BCUT2D eigenvalue weighted by molar-refractivity contribution is 6.17.